The maximum atomic E-state index is 6.02. The molecule has 0 fully saturated rings. The van der Waals surface area contributed by atoms with Crippen molar-refractivity contribution in [2.75, 3.05) is 12.8 Å². The summed E-state index contributed by atoms with van der Waals surface area (Å²) in [7, 11) is 3.63. The number of thioether (sulfide) groups is 1. The van der Waals surface area contributed by atoms with Gasteiger partial charge in [-0.1, -0.05) is 18.2 Å². The number of aromatic nitrogens is 2. The SMILES string of the molecule is COc1ccc(N)c(SCc2nn(C)c3ccccc23)c1. The van der Waals surface area contributed by atoms with Crippen molar-refractivity contribution in [3.63, 3.8) is 0 Å². The first kappa shape index (κ1) is 13.8. The molecule has 2 N–H and O–H groups in total. The average molecular weight is 299 g/mol. The Bertz CT molecular complexity index is 782. The monoisotopic (exact) mass is 299 g/mol. The number of fused-ring (bicyclic) bond motifs is 1. The number of hydrogen-bond acceptors (Lipinski definition) is 4. The lowest BCUT2D eigenvalue weighted by Crippen LogP contribution is -1.93. The number of nitrogen functional groups attached to an aromatic ring is 1. The maximum Gasteiger partial charge on any atom is 0.120 e. The van der Waals surface area contributed by atoms with Crippen LogP contribution in [0, 0.1) is 0 Å². The molecular weight excluding hydrogens is 282 g/mol. The zero-order valence-corrected chi connectivity index (χ0v) is 12.9. The van der Waals surface area contributed by atoms with Crippen LogP contribution in [0.1, 0.15) is 5.69 Å². The number of methoxy groups -OCH3 is 1. The van der Waals surface area contributed by atoms with Gasteiger partial charge in [0, 0.05) is 28.8 Å². The normalized spacial score (nSPS) is 11.0. The lowest BCUT2D eigenvalue weighted by molar-refractivity contribution is 0.414. The lowest BCUT2D eigenvalue weighted by atomic mass is 10.2. The molecule has 0 aliphatic rings. The topological polar surface area (TPSA) is 53.1 Å². The summed E-state index contributed by atoms with van der Waals surface area (Å²) in [5.74, 6) is 1.59. The smallest absolute Gasteiger partial charge is 0.120 e. The summed E-state index contributed by atoms with van der Waals surface area (Å²) in [6, 6.07) is 14.0. The van der Waals surface area contributed by atoms with E-state index in [1.165, 1.54) is 5.39 Å². The van der Waals surface area contributed by atoms with Gasteiger partial charge in [-0.25, -0.2) is 0 Å². The number of anilines is 1. The van der Waals surface area contributed by atoms with E-state index in [0.717, 1.165) is 33.3 Å². The fraction of sp³-hybridized carbons (Fsp3) is 0.188. The summed E-state index contributed by atoms with van der Waals surface area (Å²) in [6.07, 6.45) is 0. The summed E-state index contributed by atoms with van der Waals surface area (Å²) in [6.45, 7) is 0. The third kappa shape index (κ3) is 2.69. The number of benzene rings is 2. The van der Waals surface area contributed by atoms with E-state index in [2.05, 4.69) is 17.2 Å². The molecule has 0 spiro atoms. The Kier molecular flexibility index (Phi) is 3.75. The number of rotatable bonds is 4. The molecule has 0 saturated carbocycles. The van der Waals surface area contributed by atoms with E-state index in [0.29, 0.717) is 0 Å². The summed E-state index contributed by atoms with van der Waals surface area (Å²) in [5.41, 5.74) is 9.00. The first-order valence-corrected chi connectivity index (χ1v) is 7.64. The second kappa shape index (κ2) is 5.69. The van der Waals surface area contributed by atoms with Crippen molar-refractivity contribution in [1.29, 1.82) is 0 Å². The molecule has 0 saturated heterocycles. The molecule has 4 nitrogen and oxygen atoms in total. The van der Waals surface area contributed by atoms with Crippen molar-refractivity contribution in [1.82, 2.24) is 9.78 Å². The third-order valence-corrected chi connectivity index (χ3v) is 4.50. The molecule has 0 radical (unpaired) electrons. The molecule has 0 aliphatic heterocycles. The van der Waals surface area contributed by atoms with Crippen molar-refractivity contribution in [3.05, 3.63) is 48.2 Å². The Morgan fingerprint density at radius 2 is 2.05 bits per heavy atom. The molecule has 0 bridgehead atoms. The van der Waals surface area contributed by atoms with Crippen molar-refractivity contribution in [2.24, 2.45) is 7.05 Å². The van der Waals surface area contributed by atoms with Gasteiger partial charge in [-0.05, 0) is 24.3 Å². The van der Waals surface area contributed by atoms with E-state index in [1.807, 2.05) is 42.1 Å². The molecule has 0 amide bonds. The lowest BCUT2D eigenvalue weighted by Gasteiger charge is -2.07. The first-order valence-electron chi connectivity index (χ1n) is 6.66. The van der Waals surface area contributed by atoms with Crippen molar-refractivity contribution < 1.29 is 4.74 Å². The highest BCUT2D eigenvalue weighted by Crippen LogP contribution is 2.32. The first-order chi connectivity index (χ1) is 10.2. The molecule has 0 unspecified atom stereocenters. The van der Waals surface area contributed by atoms with E-state index in [-0.39, 0.29) is 0 Å². The molecule has 1 aromatic heterocycles. The van der Waals surface area contributed by atoms with E-state index < -0.39 is 0 Å². The Morgan fingerprint density at radius 1 is 1.24 bits per heavy atom. The van der Waals surface area contributed by atoms with E-state index in [9.17, 15) is 0 Å². The van der Waals surface area contributed by atoms with Crippen LogP contribution in [0.2, 0.25) is 0 Å². The van der Waals surface area contributed by atoms with E-state index >= 15 is 0 Å². The summed E-state index contributed by atoms with van der Waals surface area (Å²) < 4.78 is 7.16. The highest BCUT2D eigenvalue weighted by atomic mass is 32.2. The Labute approximate surface area is 127 Å². The molecule has 1 heterocycles. The molecule has 21 heavy (non-hydrogen) atoms. The van der Waals surface area contributed by atoms with Crippen LogP contribution in [-0.2, 0) is 12.8 Å². The zero-order chi connectivity index (χ0) is 14.8. The van der Waals surface area contributed by atoms with Crippen LogP contribution in [0.15, 0.2) is 47.4 Å². The van der Waals surface area contributed by atoms with Crippen molar-refractivity contribution >= 4 is 28.4 Å². The van der Waals surface area contributed by atoms with Gasteiger partial charge in [-0.3, -0.25) is 4.68 Å². The van der Waals surface area contributed by atoms with Gasteiger partial charge >= 0.3 is 0 Å². The number of ether oxygens (including phenoxy) is 1. The summed E-state index contributed by atoms with van der Waals surface area (Å²) >= 11 is 1.68. The Morgan fingerprint density at radius 3 is 2.86 bits per heavy atom. The van der Waals surface area contributed by atoms with Crippen LogP contribution in [0.3, 0.4) is 0 Å². The number of aryl methyl sites for hydroxylation is 1. The number of nitrogens with zero attached hydrogens (tertiary/aromatic N) is 2. The fourth-order valence-electron chi connectivity index (χ4n) is 2.31. The minimum Gasteiger partial charge on any atom is -0.497 e. The quantitative estimate of drug-likeness (QED) is 0.592. The molecule has 108 valence electrons. The Hall–Kier alpha value is -2.14. The van der Waals surface area contributed by atoms with E-state index in [1.54, 1.807) is 18.9 Å². The van der Waals surface area contributed by atoms with Crippen LogP contribution in [0.5, 0.6) is 5.75 Å². The van der Waals surface area contributed by atoms with Gasteiger partial charge in [0.1, 0.15) is 5.75 Å². The molecular formula is C16H17N3OS. The van der Waals surface area contributed by atoms with Gasteiger partial charge < -0.3 is 10.5 Å². The van der Waals surface area contributed by atoms with Crippen LogP contribution < -0.4 is 10.5 Å². The van der Waals surface area contributed by atoms with Crippen LogP contribution in [0.25, 0.3) is 10.9 Å². The van der Waals surface area contributed by atoms with E-state index in [4.69, 9.17) is 10.5 Å². The van der Waals surface area contributed by atoms with Gasteiger partial charge in [0.25, 0.3) is 0 Å². The van der Waals surface area contributed by atoms with Crippen LogP contribution in [-0.4, -0.2) is 16.9 Å². The van der Waals surface area contributed by atoms with Gasteiger partial charge in [0.2, 0.25) is 0 Å². The number of nitrogens with two attached hydrogens (primary N) is 1. The predicted molar refractivity (Wildman–Crippen MR) is 87.7 cm³/mol. The maximum absolute atomic E-state index is 6.02. The van der Waals surface area contributed by atoms with Gasteiger partial charge in [-0.2, -0.15) is 5.10 Å². The fourth-order valence-corrected chi connectivity index (χ4v) is 3.25. The van der Waals surface area contributed by atoms with Gasteiger partial charge in [0.15, 0.2) is 0 Å². The van der Waals surface area contributed by atoms with Crippen LogP contribution in [0.4, 0.5) is 5.69 Å². The molecule has 3 aromatic rings. The molecule has 3 rings (SSSR count). The molecule has 0 aliphatic carbocycles. The third-order valence-electron chi connectivity index (χ3n) is 3.42. The minimum atomic E-state index is 0.765. The molecule has 2 aromatic carbocycles. The highest BCUT2D eigenvalue weighted by molar-refractivity contribution is 7.98. The standard InChI is InChI=1S/C16H17N3OS/c1-19-15-6-4-3-5-12(15)14(18-19)10-21-16-9-11(20-2)7-8-13(16)17/h3-9H,10,17H2,1-2H3. The van der Waals surface area contributed by atoms with Crippen molar-refractivity contribution in [3.8, 4) is 5.75 Å². The molecule has 5 heteroatoms. The average Bonchev–Trinajstić information content (AvgIpc) is 2.83. The van der Waals surface area contributed by atoms with Crippen molar-refractivity contribution in [2.45, 2.75) is 10.6 Å². The van der Waals surface area contributed by atoms with Crippen LogP contribution >= 0.6 is 11.8 Å². The highest BCUT2D eigenvalue weighted by Gasteiger charge is 2.09. The van der Waals surface area contributed by atoms with Gasteiger partial charge in [0.05, 0.1) is 18.3 Å². The zero-order valence-electron chi connectivity index (χ0n) is 12.0. The number of hydrogen-bond donors (Lipinski definition) is 1. The Balaban J connectivity index is 1.87. The minimum absolute atomic E-state index is 0.765. The largest absolute Gasteiger partial charge is 0.497 e. The second-order valence-corrected chi connectivity index (χ2v) is 5.80. The predicted octanol–water partition coefficient (Wildman–Crippen LogP) is 3.46. The molecule has 0 atom stereocenters. The summed E-state index contributed by atoms with van der Waals surface area (Å²) in [5, 5.41) is 5.79. The number of para-hydroxylation sites is 1. The second-order valence-electron chi connectivity index (χ2n) is 4.78. The summed E-state index contributed by atoms with van der Waals surface area (Å²) in [4.78, 5) is 1.02. The van der Waals surface area contributed by atoms with Gasteiger partial charge in [-0.15, -0.1) is 11.8 Å².